The molecule has 0 aliphatic rings. The van der Waals surface area contributed by atoms with E-state index in [2.05, 4.69) is 5.32 Å². The smallest absolute Gasteiger partial charge is 0.251 e. The number of amides is 2. The van der Waals surface area contributed by atoms with Crippen LogP contribution in [0.3, 0.4) is 0 Å². The van der Waals surface area contributed by atoms with Gasteiger partial charge in [0.1, 0.15) is 5.82 Å². The molecule has 1 aromatic carbocycles. The number of hydrogen-bond acceptors (Lipinski definition) is 2. The molecule has 15 heavy (non-hydrogen) atoms. The van der Waals surface area contributed by atoms with Crippen molar-refractivity contribution in [1.82, 2.24) is 5.32 Å². The molecular weight excluding hydrogens is 199 g/mol. The normalized spacial score (nSPS) is 9.73. The summed E-state index contributed by atoms with van der Waals surface area (Å²) in [6, 6.07) is 3.94. The van der Waals surface area contributed by atoms with Crippen LogP contribution in [0.4, 0.5) is 4.39 Å². The lowest BCUT2D eigenvalue weighted by Gasteiger charge is -2.03. The van der Waals surface area contributed by atoms with E-state index < -0.39 is 17.6 Å². The zero-order valence-electron chi connectivity index (χ0n) is 8.21. The zero-order chi connectivity index (χ0) is 11.4. The summed E-state index contributed by atoms with van der Waals surface area (Å²) in [4.78, 5) is 21.8. The maximum absolute atomic E-state index is 12.9. The SMILES string of the molecule is Cc1cc(F)cc(C(=O)NCC(N)=O)c1. The highest BCUT2D eigenvalue weighted by molar-refractivity contribution is 5.96. The second kappa shape index (κ2) is 4.54. The number of aryl methyl sites for hydroxylation is 1. The van der Waals surface area contributed by atoms with Gasteiger partial charge in [0.15, 0.2) is 0 Å². The fourth-order valence-electron chi connectivity index (χ4n) is 1.14. The van der Waals surface area contributed by atoms with Crippen LogP contribution in [0, 0.1) is 12.7 Å². The first-order chi connectivity index (χ1) is 6.99. The molecule has 0 aromatic heterocycles. The number of nitrogens with one attached hydrogen (secondary N) is 1. The molecule has 0 fully saturated rings. The Kier molecular flexibility index (Phi) is 3.38. The minimum atomic E-state index is -0.642. The van der Waals surface area contributed by atoms with Crippen LogP contribution < -0.4 is 11.1 Å². The average Bonchev–Trinajstić information content (AvgIpc) is 2.12. The van der Waals surface area contributed by atoms with Crippen LogP contribution in [0.15, 0.2) is 18.2 Å². The van der Waals surface area contributed by atoms with Gasteiger partial charge in [-0.1, -0.05) is 0 Å². The molecule has 80 valence electrons. The predicted octanol–water partition coefficient (Wildman–Crippen LogP) is 0.349. The molecule has 5 heteroatoms. The van der Waals surface area contributed by atoms with Crippen molar-refractivity contribution >= 4 is 11.8 Å². The van der Waals surface area contributed by atoms with E-state index in [1.165, 1.54) is 12.1 Å². The number of carbonyl (C=O) groups excluding carboxylic acids is 2. The van der Waals surface area contributed by atoms with E-state index in [1.54, 1.807) is 6.92 Å². The Hall–Kier alpha value is -1.91. The summed E-state index contributed by atoms with van der Waals surface area (Å²) < 4.78 is 12.9. The van der Waals surface area contributed by atoms with Crippen molar-refractivity contribution in [2.24, 2.45) is 5.73 Å². The summed E-state index contributed by atoms with van der Waals surface area (Å²) in [5.41, 5.74) is 5.66. The van der Waals surface area contributed by atoms with E-state index in [-0.39, 0.29) is 12.1 Å². The molecule has 1 rings (SSSR count). The molecule has 0 heterocycles. The van der Waals surface area contributed by atoms with Crippen molar-refractivity contribution in [2.45, 2.75) is 6.92 Å². The fraction of sp³-hybridized carbons (Fsp3) is 0.200. The quantitative estimate of drug-likeness (QED) is 0.755. The second-order valence-electron chi connectivity index (χ2n) is 3.17. The molecule has 0 radical (unpaired) electrons. The Morgan fingerprint density at radius 3 is 2.60 bits per heavy atom. The molecule has 0 unspecified atom stereocenters. The van der Waals surface area contributed by atoms with E-state index in [0.717, 1.165) is 6.07 Å². The van der Waals surface area contributed by atoms with Gasteiger partial charge in [-0.05, 0) is 30.7 Å². The van der Waals surface area contributed by atoms with E-state index >= 15 is 0 Å². The molecule has 0 saturated heterocycles. The van der Waals surface area contributed by atoms with Gasteiger partial charge in [0.2, 0.25) is 5.91 Å². The van der Waals surface area contributed by atoms with Crippen molar-refractivity contribution in [3.05, 3.63) is 35.1 Å². The van der Waals surface area contributed by atoms with Gasteiger partial charge in [-0.2, -0.15) is 0 Å². The lowest BCUT2D eigenvalue weighted by Crippen LogP contribution is -2.33. The fourth-order valence-corrected chi connectivity index (χ4v) is 1.14. The van der Waals surface area contributed by atoms with Gasteiger partial charge in [-0.15, -0.1) is 0 Å². The molecule has 0 aliphatic heterocycles. The Balaban J connectivity index is 2.77. The molecule has 0 aliphatic carbocycles. The number of hydrogen-bond donors (Lipinski definition) is 2. The summed E-state index contributed by atoms with van der Waals surface area (Å²) in [5.74, 6) is -1.65. The van der Waals surface area contributed by atoms with E-state index in [0.29, 0.717) is 5.56 Å². The monoisotopic (exact) mass is 210 g/mol. The van der Waals surface area contributed by atoms with Crippen molar-refractivity contribution in [3.63, 3.8) is 0 Å². The van der Waals surface area contributed by atoms with Crippen molar-refractivity contribution < 1.29 is 14.0 Å². The average molecular weight is 210 g/mol. The first kappa shape index (κ1) is 11.2. The third-order valence-corrected chi connectivity index (χ3v) is 1.73. The first-order valence-electron chi connectivity index (χ1n) is 4.33. The van der Waals surface area contributed by atoms with Crippen LogP contribution in [-0.4, -0.2) is 18.4 Å². The molecule has 0 bridgehead atoms. The number of primary amides is 1. The van der Waals surface area contributed by atoms with Gasteiger partial charge in [0.05, 0.1) is 6.54 Å². The Labute approximate surface area is 86.3 Å². The van der Waals surface area contributed by atoms with Gasteiger partial charge in [-0.25, -0.2) is 4.39 Å². The predicted molar refractivity (Wildman–Crippen MR) is 52.7 cm³/mol. The highest BCUT2D eigenvalue weighted by atomic mass is 19.1. The maximum Gasteiger partial charge on any atom is 0.251 e. The molecule has 0 atom stereocenters. The summed E-state index contributed by atoms with van der Waals surface area (Å²) in [7, 11) is 0. The highest BCUT2D eigenvalue weighted by Crippen LogP contribution is 2.07. The van der Waals surface area contributed by atoms with E-state index in [4.69, 9.17) is 5.73 Å². The number of nitrogens with two attached hydrogens (primary N) is 1. The molecule has 3 N–H and O–H groups in total. The lowest BCUT2D eigenvalue weighted by atomic mass is 10.1. The highest BCUT2D eigenvalue weighted by Gasteiger charge is 2.07. The summed E-state index contributed by atoms with van der Waals surface area (Å²) >= 11 is 0. The number of rotatable bonds is 3. The number of benzene rings is 1. The first-order valence-corrected chi connectivity index (χ1v) is 4.33. The minimum absolute atomic E-state index is 0.175. The largest absolute Gasteiger partial charge is 0.368 e. The minimum Gasteiger partial charge on any atom is -0.368 e. The van der Waals surface area contributed by atoms with Crippen LogP contribution in [-0.2, 0) is 4.79 Å². The Morgan fingerprint density at radius 2 is 2.07 bits per heavy atom. The Morgan fingerprint density at radius 1 is 1.40 bits per heavy atom. The van der Waals surface area contributed by atoms with Crippen molar-refractivity contribution in [2.75, 3.05) is 6.54 Å². The summed E-state index contributed by atoms with van der Waals surface area (Å²) in [6.07, 6.45) is 0. The van der Waals surface area contributed by atoms with Crippen LogP contribution in [0.25, 0.3) is 0 Å². The Bertz CT molecular complexity index is 384. The molecule has 4 nitrogen and oxygen atoms in total. The summed E-state index contributed by atoms with van der Waals surface area (Å²) in [5, 5.41) is 2.27. The van der Waals surface area contributed by atoms with Gasteiger partial charge in [0.25, 0.3) is 5.91 Å². The van der Waals surface area contributed by atoms with Gasteiger partial charge in [-0.3, -0.25) is 9.59 Å². The van der Waals surface area contributed by atoms with E-state index in [9.17, 15) is 14.0 Å². The topological polar surface area (TPSA) is 72.2 Å². The third kappa shape index (κ3) is 3.38. The summed E-state index contributed by atoms with van der Waals surface area (Å²) in [6.45, 7) is 1.42. The van der Waals surface area contributed by atoms with E-state index in [1.807, 2.05) is 0 Å². The van der Waals surface area contributed by atoms with Gasteiger partial charge < -0.3 is 11.1 Å². The number of carbonyl (C=O) groups is 2. The van der Waals surface area contributed by atoms with Crippen molar-refractivity contribution in [1.29, 1.82) is 0 Å². The molecule has 0 spiro atoms. The van der Waals surface area contributed by atoms with Crippen LogP contribution in [0.5, 0.6) is 0 Å². The standard InChI is InChI=1S/C10H11FN2O2/c1-6-2-7(4-8(11)3-6)10(15)13-5-9(12)14/h2-4H,5H2,1H3,(H2,12,14)(H,13,15). The molecule has 1 aromatic rings. The van der Waals surface area contributed by atoms with Crippen molar-refractivity contribution in [3.8, 4) is 0 Å². The van der Waals surface area contributed by atoms with Gasteiger partial charge >= 0.3 is 0 Å². The molecular formula is C10H11FN2O2. The second-order valence-corrected chi connectivity index (χ2v) is 3.17. The lowest BCUT2D eigenvalue weighted by molar-refractivity contribution is -0.117. The molecule has 2 amide bonds. The molecule has 0 saturated carbocycles. The van der Waals surface area contributed by atoms with Crippen LogP contribution in [0.1, 0.15) is 15.9 Å². The zero-order valence-corrected chi connectivity index (χ0v) is 8.21. The van der Waals surface area contributed by atoms with Crippen LogP contribution in [0.2, 0.25) is 0 Å². The van der Waals surface area contributed by atoms with Crippen LogP contribution >= 0.6 is 0 Å². The maximum atomic E-state index is 12.9. The van der Waals surface area contributed by atoms with Gasteiger partial charge in [0, 0.05) is 5.56 Å². The third-order valence-electron chi connectivity index (χ3n) is 1.73. The number of halogens is 1.